The van der Waals surface area contributed by atoms with Crippen molar-refractivity contribution in [2.75, 3.05) is 18.8 Å². The summed E-state index contributed by atoms with van der Waals surface area (Å²) in [7, 11) is -3.30. The molecule has 1 N–H and O–H groups in total. The van der Waals surface area contributed by atoms with Gasteiger partial charge in [-0.25, -0.2) is 8.42 Å². The number of likely N-dealkylation sites (tertiary alicyclic amines) is 1. The summed E-state index contributed by atoms with van der Waals surface area (Å²) in [4.78, 5) is 25.4. The van der Waals surface area contributed by atoms with Crippen molar-refractivity contribution in [1.29, 1.82) is 0 Å². The second-order valence-electron chi connectivity index (χ2n) is 6.19. The Morgan fingerprint density at radius 2 is 1.87 bits per heavy atom. The highest BCUT2D eigenvalue weighted by Crippen LogP contribution is 2.31. The van der Waals surface area contributed by atoms with Gasteiger partial charge in [0.25, 0.3) is 5.91 Å². The number of carbonyl (C=O) groups is 2. The molecule has 1 aliphatic heterocycles. The molecule has 0 aromatic heterocycles. The van der Waals surface area contributed by atoms with Crippen LogP contribution in [0.4, 0.5) is 0 Å². The number of hydrogen-bond acceptors (Lipinski definition) is 4. The molecule has 6 nitrogen and oxygen atoms in total. The first-order valence-electron chi connectivity index (χ1n) is 7.55. The van der Waals surface area contributed by atoms with E-state index in [1.165, 1.54) is 29.2 Å². The first kappa shape index (κ1) is 17.5. The van der Waals surface area contributed by atoms with Gasteiger partial charge in [-0.3, -0.25) is 9.59 Å². The van der Waals surface area contributed by atoms with E-state index < -0.39 is 21.2 Å². The zero-order valence-electron chi connectivity index (χ0n) is 13.3. The van der Waals surface area contributed by atoms with Gasteiger partial charge in [-0.1, -0.05) is 6.92 Å². The Balaban J connectivity index is 2.15. The van der Waals surface area contributed by atoms with Crippen LogP contribution in [0.25, 0.3) is 0 Å². The van der Waals surface area contributed by atoms with E-state index >= 15 is 0 Å². The molecule has 126 valence electrons. The van der Waals surface area contributed by atoms with Gasteiger partial charge in [-0.05, 0) is 44.0 Å². The largest absolute Gasteiger partial charge is 0.481 e. The van der Waals surface area contributed by atoms with Gasteiger partial charge in [0, 0.05) is 18.7 Å². The van der Waals surface area contributed by atoms with Crippen molar-refractivity contribution in [3.8, 4) is 0 Å². The summed E-state index contributed by atoms with van der Waals surface area (Å²) in [6.07, 6.45) is 0.946. The normalized spacial score (nSPS) is 21.4. The second kappa shape index (κ2) is 6.31. The fraction of sp³-hybridized carbons (Fsp3) is 0.500. The molecule has 0 aliphatic carbocycles. The number of amides is 1. The molecular weight excluding hydrogens is 318 g/mol. The SMILES string of the molecule is CCCS(=O)(=O)c1ccc(C(=O)N2CCC(C)(C(=O)O)C2)cc1. The molecule has 0 spiro atoms. The molecule has 1 atom stereocenters. The third kappa shape index (κ3) is 3.55. The minimum Gasteiger partial charge on any atom is -0.481 e. The molecule has 1 aromatic carbocycles. The lowest BCUT2D eigenvalue weighted by Crippen LogP contribution is -2.34. The van der Waals surface area contributed by atoms with Crippen molar-refractivity contribution in [3.05, 3.63) is 29.8 Å². The fourth-order valence-electron chi connectivity index (χ4n) is 2.68. The topological polar surface area (TPSA) is 91.8 Å². The van der Waals surface area contributed by atoms with Gasteiger partial charge < -0.3 is 10.0 Å². The molecule has 23 heavy (non-hydrogen) atoms. The van der Waals surface area contributed by atoms with Crippen LogP contribution in [-0.2, 0) is 14.6 Å². The second-order valence-corrected chi connectivity index (χ2v) is 8.29. The molecular formula is C16H21NO5S. The average Bonchev–Trinajstić information content (AvgIpc) is 2.90. The number of rotatable bonds is 5. The number of hydrogen-bond donors (Lipinski definition) is 1. The molecule has 1 fully saturated rings. The van der Waals surface area contributed by atoms with Crippen molar-refractivity contribution >= 4 is 21.7 Å². The van der Waals surface area contributed by atoms with E-state index in [2.05, 4.69) is 0 Å². The Morgan fingerprint density at radius 3 is 2.35 bits per heavy atom. The summed E-state index contributed by atoms with van der Waals surface area (Å²) in [6, 6.07) is 5.85. The van der Waals surface area contributed by atoms with Crippen molar-refractivity contribution < 1.29 is 23.1 Å². The number of benzene rings is 1. The van der Waals surface area contributed by atoms with E-state index in [9.17, 15) is 23.1 Å². The molecule has 1 aromatic rings. The van der Waals surface area contributed by atoms with Crippen molar-refractivity contribution in [2.24, 2.45) is 5.41 Å². The zero-order chi connectivity index (χ0) is 17.3. The lowest BCUT2D eigenvalue weighted by molar-refractivity contribution is -0.147. The molecule has 0 bridgehead atoms. The van der Waals surface area contributed by atoms with Crippen LogP contribution in [-0.4, -0.2) is 49.1 Å². The smallest absolute Gasteiger partial charge is 0.311 e. The summed E-state index contributed by atoms with van der Waals surface area (Å²) in [5.41, 5.74) is -0.546. The predicted molar refractivity (Wildman–Crippen MR) is 85.0 cm³/mol. The van der Waals surface area contributed by atoms with Gasteiger partial charge >= 0.3 is 5.97 Å². The van der Waals surface area contributed by atoms with Crippen molar-refractivity contribution in [1.82, 2.24) is 4.90 Å². The standard InChI is InChI=1S/C16H21NO5S/c1-3-10-23(21,22)13-6-4-12(5-7-13)14(18)17-9-8-16(2,11-17)15(19)20/h4-7H,3,8-11H2,1-2H3,(H,19,20). The number of carboxylic acids is 1. The van der Waals surface area contributed by atoms with E-state index in [0.717, 1.165) is 0 Å². The molecule has 0 saturated carbocycles. The zero-order valence-corrected chi connectivity index (χ0v) is 14.1. The summed E-state index contributed by atoms with van der Waals surface area (Å²) >= 11 is 0. The van der Waals surface area contributed by atoms with Gasteiger partial charge in [0.05, 0.1) is 16.1 Å². The quantitative estimate of drug-likeness (QED) is 0.883. The Bertz CT molecular complexity index is 710. The first-order valence-corrected chi connectivity index (χ1v) is 9.20. The lowest BCUT2D eigenvalue weighted by Gasteiger charge is -2.20. The van der Waals surface area contributed by atoms with Gasteiger partial charge in [0.2, 0.25) is 0 Å². The monoisotopic (exact) mass is 339 g/mol. The number of nitrogens with zero attached hydrogens (tertiary/aromatic N) is 1. The summed E-state index contributed by atoms with van der Waals surface area (Å²) in [5, 5.41) is 9.21. The maximum absolute atomic E-state index is 12.4. The van der Waals surface area contributed by atoms with E-state index in [-0.39, 0.29) is 23.1 Å². The molecule has 1 unspecified atom stereocenters. The lowest BCUT2D eigenvalue weighted by atomic mass is 9.90. The van der Waals surface area contributed by atoms with Gasteiger partial charge in [0.15, 0.2) is 9.84 Å². The van der Waals surface area contributed by atoms with Gasteiger partial charge in [-0.2, -0.15) is 0 Å². The van der Waals surface area contributed by atoms with Crippen molar-refractivity contribution in [3.63, 3.8) is 0 Å². The van der Waals surface area contributed by atoms with Gasteiger partial charge in [-0.15, -0.1) is 0 Å². The van der Waals surface area contributed by atoms with E-state index in [4.69, 9.17) is 0 Å². The number of carboxylic acid groups (broad SMARTS) is 1. The number of sulfone groups is 1. The predicted octanol–water partition coefficient (Wildman–Crippen LogP) is 1.81. The maximum Gasteiger partial charge on any atom is 0.311 e. The molecule has 1 amide bonds. The van der Waals surface area contributed by atoms with Crippen LogP contribution < -0.4 is 0 Å². The molecule has 1 aliphatic rings. The highest BCUT2D eigenvalue weighted by Gasteiger charge is 2.42. The highest BCUT2D eigenvalue weighted by atomic mass is 32.2. The summed E-state index contributed by atoms with van der Waals surface area (Å²) < 4.78 is 23.9. The van der Waals surface area contributed by atoms with Crippen LogP contribution >= 0.6 is 0 Å². The third-order valence-corrected chi connectivity index (χ3v) is 6.15. The van der Waals surface area contributed by atoms with E-state index in [0.29, 0.717) is 24.9 Å². The molecule has 2 rings (SSSR count). The fourth-order valence-corrected chi connectivity index (χ4v) is 4.01. The maximum atomic E-state index is 12.4. The van der Waals surface area contributed by atoms with Gasteiger partial charge in [0.1, 0.15) is 0 Å². The molecule has 7 heteroatoms. The molecule has 0 radical (unpaired) electrons. The number of aliphatic carboxylic acids is 1. The average molecular weight is 339 g/mol. The minimum absolute atomic E-state index is 0.0728. The van der Waals surface area contributed by atoms with Crippen molar-refractivity contribution in [2.45, 2.75) is 31.6 Å². The summed E-state index contributed by atoms with van der Waals surface area (Å²) in [5.74, 6) is -1.10. The Labute approximate surface area is 136 Å². The Morgan fingerprint density at radius 1 is 1.26 bits per heavy atom. The first-order chi connectivity index (χ1) is 10.7. The van der Waals surface area contributed by atoms with E-state index in [1.807, 2.05) is 0 Å². The van der Waals surface area contributed by atoms with Crippen LogP contribution in [0.3, 0.4) is 0 Å². The summed E-state index contributed by atoms with van der Waals surface area (Å²) in [6.45, 7) is 3.97. The number of carbonyl (C=O) groups excluding carboxylic acids is 1. The Hall–Kier alpha value is -1.89. The van der Waals surface area contributed by atoms with Crippen LogP contribution in [0.15, 0.2) is 29.2 Å². The van der Waals surface area contributed by atoms with Crippen LogP contribution in [0.1, 0.15) is 37.0 Å². The Kier molecular flexibility index (Phi) is 4.79. The van der Waals surface area contributed by atoms with Crippen LogP contribution in [0, 0.1) is 5.41 Å². The third-order valence-electron chi connectivity index (χ3n) is 4.21. The highest BCUT2D eigenvalue weighted by molar-refractivity contribution is 7.91. The van der Waals surface area contributed by atoms with E-state index in [1.54, 1.807) is 13.8 Å². The van der Waals surface area contributed by atoms with Crippen LogP contribution in [0.5, 0.6) is 0 Å². The minimum atomic E-state index is -3.30. The van der Waals surface area contributed by atoms with Crippen LogP contribution in [0.2, 0.25) is 0 Å². The molecule has 1 saturated heterocycles. The molecule has 1 heterocycles.